The van der Waals surface area contributed by atoms with Crippen LogP contribution in [-0.4, -0.2) is 18.2 Å². The van der Waals surface area contributed by atoms with Crippen molar-refractivity contribution < 1.29 is 14.6 Å². The van der Waals surface area contributed by atoms with Crippen LogP contribution in [0.25, 0.3) is 6.08 Å². The molecule has 0 atom stereocenters. The highest BCUT2D eigenvalue weighted by atomic mass is 16.5. The molecule has 164 valence electrons. The number of hydrogen-bond acceptors (Lipinski definition) is 2. The number of methoxy groups -OCH3 is 1. The normalized spacial score (nSPS) is 11.3. The van der Waals surface area contributed by atoms with Gasteiger partial charge in [-0.1, -0.05) is 84.1 Å². The first-order chi connectivity index (χ1) is 14.1. The Morgan fingerprint density at radius 3 is 1.86 bits per heavy atom. The minimum absolute atomic E-state index is 0.899. The van der Waals surface area contributed by atoms with Crippen molar-refractivity contribution in [3.8, 4) is 5.75 Å². The maximum Gasteiger partial charge on any atom is 0.328 e. The summed E-state index contributed by atoms with van der Waals surface area (Å²) in [6.45, 7) is 4.49. The maximum atomic E-state index is 11.0. The molecule has 0 aliphatic carbocycles. The second kappa shape index (κ2) is 16.1. The minimum Gasteiger partial charge on any atom is -0.496 e. The van der Waals surface area contributed by atoms with E-state index in [9.17, 15) is 4.79 Å². The van der Waals surface area contributed by atoms with Crippen LogP contribution in [0.1, 0.15) is 108 Å². The molecule has 3 nitrogen and oxygen atoms in total. The van der Waals surface area contributed by atoms with Gasteiger partial charge in [-0.3, -0.25) is 0 Å². The van der Waals surface area contributed by atoms with Crippen LogP contribution in [0.2, 0.25) is 0 Å². The number of ether oxygens (including phenoxy) is 1. The number of aliphatic carboxylic acids is 1. The van der Waals surface area contributed by atoms with Crippen LogP contribution < -0.4 is 4.74 Å². The summed E-state index contributed by atoms with van der Waals surface area (Å²) in [6.07, 6.45) is 20.2. The SMILES string of the molecule is CCCCCCCCc1c(C=CC(=O)O)ccc(OC)c1CCCCCCCC. The molecule has 0 heterocycles. The average molecular weight is 403 g/mol. The second-order valence-electron chi connectivity index (χ2n) is 8.02. The molecule has 0 aliphatic heterocycles. The minimum atomic E-state index is -0.899. The van der Waals surface area contributed by atoms with Gasteiger partial charge >= 0.3 is 5.97 Å². The van der Waals surface area contributed by atoms with Gasteiger partial charge in [0.1, 0.15) is 5.75 Å². The van der Waals surface area contributed by atoms with Crippen LogP contribution in [0.4, 0.5) is 0 Å². The van der Waals surface area contributed by atoms with Gasteiger partial charge in [-0.15, -0.1) is 0 Å². The highest BCUT2D eigenvalue weighted by Crippen LogP contribution is 2.30. The predicted octanol–water partition coefficient (Wildman–Crippen LogP) is 7.60. The maximum absolute atomic E-state index is 11.0. The second-order valence-corrected chi connectivity index (χ2v) is 8.02. The van der Waals surface area contributed by atoms with Gasteiger partial charge < -0.3 is 9.84 Å². The zero-order chi connectivity index (χ0) is 21.3. The number of benzene rings is 1. The molecular formula is C26H42O3. The summed E-state index contributed by atoms with van der Waals surface area (Å²) in [5, 5.41) is 9.06. The lowest BCUT2D eigenvalue weighted by Gasteiger charge is -2.17. The summed E-state index contributed by atoms with van der Waals surface area (Å²) < 4.78 is 5.68. The van der Waals surface area contributed by atoms with E-state index in [1.165, 1.54) is 81.4 Å². The molecule has 29 heavy (non-hydrogen) atoms. The quantitative estimate of drug-likeness (QED) is 0.215. The molecule has 0 radical (unpaired) electrons. The largest absolute Gasteiger partial charge is 0.496 e. The van der Waals surface area contributed by atoms with Gasteiger partial charge in [0.2, 0.25) is 0 Å². The third-order valence-corrected chi connectivity index (χ3v) is 5.61. The smallest absolute Gasteiger partial charge is 0.328 e. The lowest BCUT2D eigenvalue weighted by Crippen LogP contribution is -2.03. The van der Waals surface area contributed by atoms with E-state index in [0.717, 1.165) is 37.0 Å². The molecule has 0 saturated heterocycles. The van der Waals surface area contributed by atoms with Crippen LogP contribution in [0.3, 0.4) is 0 Å². The third-order valence-electron chi connectivity index (χ3n) is 5.61. The van der Waals surface area contributed by atoms with Gasteiger partial charge in [0.15, 0.2) is 0 Å². The molecule has 0 amide bonds. The zero-order valence-electron chi connectivity index (χ0n) is 19.0. The monoisotopic (exact) mass is 402 g/mol. The molecular weight excluding hydrogens is 360 g/mol. The van der Waals surface area contributed by atoms with E-state index in [-0.39, 0.29) is 0 Å². The number of carboxylic acids is 1. The topological polar surface area (TPSA) is 46.5 Å². The van der Waals surface area contributed by atoms with E-state index in [1.807, 2.05) is 12.1 Å². The molecule has 0 fully saturated rings. The van der Waals surface area contributed by atoms with Gasteiger partial charge in [-0.05, 0) is 54.5 Å². The average Bonchev–Trinajstić information content (AvgIpc) is 2.72. The van der Waals surface area contributed by atoms with Crippen molar-refractivity contribution in [3.05, 3.63) is 34.9 Å². The Bertz CT molecular complexity index is 604. The molecule has 3 heteroatoms. The first-order valence-corrected chi connectivity index (χ1v) is 11.7. The lowest BCUT2D eigenvalue weighted by molar-refractivity contribution is -0.131. The highest BCUT2D eigenvalue weighted by molar-refractivity contribution is 5.85. The molecule has 1 N–H and O–H groups in total. The Hall–Kier alpha value is -1.77. The fraction of sp³-hybridized carbons (Fsp3) is 0.654. The van der Waals surface area contributed by atoms with Crippen LogP contribution in [0.5, 0.6) is 5.75 Å². The van der Waals surface area contributed by atoms with Crippen LogP contribution >= 0.6 is 0 Å². The van der Waals surface area contributed by atoms with E-state index in [2.05, 4.69) is 13.8 Å². The summed E-state index contributed by atoms with van der Waals surface area (Å²) in [5.41, 5.74) is 3.60. The third kappa shape index (κ3) is 10.5. The van der Waals surface area contributed by atoms with Crippen molar-refractivity contribution in [2.75, 3.05) is 7.11 Å². The number of carboxylic acid groups (broad SMARTS) is 1. The summed E-state index contributed by atoms with van der Waals surface area (Å²) in [5.74, 6) is 0.0517. The van der Waals surface area contributed by atoms with Crippen molar-refractivity contribution in [1.82, 2.24) is 0 Å². The lowest BCUT2D eigenvalue weighted by atomic mass is 9.91. The Kier molecular flexibility index (Phi) is 14.0. The van der Waals surface area contributed by atoms with Crippen molar-refractivity contribution in [3.63, 3.8) is 0 Å². The molecule has 1 aromatic carbocycles. The van der Waals surface area contributed by atoms with Gasteiger partial charge in [-0.2, -0.15) is 0 Å². The number of carbonyl (C=O) groups is 1. The van der Waals surface area contributed by atoms with Gasteiger partial charge in [-0.25, -0.2) is 4.79 Å². The van der Waals surface area contributed by atoms with Crippen molar-refractivity contribution in [2.45, 2.75) is 104 Å². The molecule has 0 spiro atoms. The van der Waals surface area contributed by atoms with Gasteiger partial charge in [0, 0.05) is 6.08 Å². The standard InChI is InChI=1S/C26H42O3/c1-4-6-8-10-12-14-16-23-22(19-21-26(27)28)18-20-25(29-3)24(23)17-15-13-11-9-7-5-2/h18-21H,4-17H2,1-3H3,(H,27,28). The van der Waals surface area contributed by atoms with E-state index < -0.39 is 5.97 Å². The number of hydrogen-bond donors (Lipinski definition) is 1. The van der Waals surface area contributed by atoms with E-state index in [0.29, 0.717) is 0 Å². The van der Waals surface area contributed by atoms with E-state index in [1.54, 1.807) is 13.2 Å². The summed E-state index contributed by atoms with van der Waals surface area (Å²) in [7, 11) is 1.74. The Labute approximate surface area is 178 Å². The van der Waals surface area contributed by atoms with Crippen LogP contribution in [-0.2, 0) is 17.6 Å². The Morgan fingerprint density at radius 1 is 0.828 bits per heavy atom. The van der Waals surface area contributed by atoms with Crippen LogP contribution in [0, 0.1) is 0 Å². The van der Waals surface area contributed by atoms with Crippen molar-refractivity contribution >= 4 is 12.0 Å². The van der Waals surface area contributed by atoms with E-state index in [4.69, 9.17) is 9.84 Å². The van der Waals surface area contributed by atoms with Gasteiger partial charge in [0.05, 0.1) is 7.11 Å². The van der Waals surface area contributed by atoms with E-state index >= 15 is 0 Å². The summed E-state index contributed by atoms with van der Waals surface area (Å²) >= 11 is 0. The fourth-order valence-corrected chi connectivity index (χ4v) is 3.93. The molecule has 0 unspecified atom stereocenters. The molecule has 0 aromatic heterocycles. The number of rotatable bonds is 17. The summed E-state index contributed by atoms with van der Waals surface area (Å²) in [6, 6.07) is 4.01. The Balaban J connectivity index is 2.88. The predicted molar refractivity (Wildman–Crippen MR) is 124 cm³/mol. The number of unbranched alkanes of at least 4 members (excludes halogenated alkanes) is 10. The highest BCUT2D eigenvalue weighted by Gasteiger charge is 2.13. The molecule has 0 aliphatic rings. The Morgan fingerprint density at radius 2 is 1.34 bits per heavy atom. The van der Waals surface area contributed by atoms with Crippen molar-refractivity contribution in [1.29, 1.82) is 0 Å². The molecule has 0 saturated carbocycles. The molecule has 1 rings (SSSR count). The van der Waals surface area contributed by atoms with Crippen molar-refractivity contribution in [2.24, 2.45) is 0 Å². The molecule has 0 bridgehead atoms. The van der Waals surface area contributed by atoms with Crippen LogP contribution in [0.15, 0.2) is 18.2 Å². The van der Waals surface area contributed by atoms with Gasteiger partial charge in [0.25, 0.3) is 0 Å². The zero-order valence-corrected chi connectivity index (χ0v) is 19.0. The fourth-order valence-electron chi connectivity index (χ4n) is 3.93. The first kappa shape index (κ1) is 25.3. The summed E-state index contributed by atoms with van der Waals surface area (Å²) in [4.78, 5) is 11.0. The molecule has 1 aromatic rings. The first-order valence-electron chi connectivity index (χ1n) is 11.7.